The van der Waals surface area contributed by atoms with Gasteiger partial charge in [0.2, 0.25) is 10.0 Å². The van der Waals surface area contributed by atoms with Crippen LogP contribution in [0.4, 0.5) is 0 Å². The van der Waals surface area contributed by atoms with Crippen molar-refractivity contribution in [2.45, 2.75) is 25.7 Å². The van der Waals surface area contributed by atoms with Crippen LogP contribution < -0.4 is 0 Å². The van der Waals surface area contributed by atoms with Gasteiger partial charge in [-0.15, -0.1) is 5.10 Å². The van der Waals surface area contributed by atoms with E-state index >= 15 is 0 Å². The van der Waals surface area contributed by atoms with Gasteiger partial charge in [-0.1, -0.05) is 48.0 Å². The van der Waals surface area contributed by atoms with Crippen molar-refractivity contribution in [1.82, 2.24) is 29.4 Å². The molecule has 0 radical (unpaired) electrons. The van der Waals surface area contributed by atoms with Crippen molar-refractivity contribution in [1.29, 1.82) is 0 Å². The lowest BCUT2D eigenvalue weighted by Crippen LogP contribution is -2.51. The lowest BCUT2D eigenvalue weighted by atomic mass is 10.2. The summed E-state index contributed by atoms with van der Waals surface area (Å²) in [5.41, 5.74) is 2.46. The van der Waals surface area contributed by atoms with Crippen LogP contribution in [0.2, 0.25) is 0 Å². The highest BCUT2D eigenvalue weighted by molar-refractivity contribution is 7.89. The molecule has 0 N–H and O–H groups in total. The molecular formula is C25H28N6O5S. The fourth-order valence-corrected chi connectivity index (χ4v) is 5.69. The Bertz CT molecular complexity index is 1430. The van der Waals surface area contributed by atoms with Gasteiger partial charge >= 0.3 is 5.97 Å². The summed E-state index contributed by atoms with van der Waals surface area (Å²) >= 11 is 0. The maximum absolute atomic E-state index is 13.1. The van der Waals surface area contributed by atoms with E-state index < -0.39 is 28.5 Å². The minimum Gasteiger partial charge on any atom is -0.451 e. The molecule has 1 saturated heterocycles. The fourth-order valence-electron chi connectivity index (χ4n) is 4.07. The first-order valence-electron chi connectivity index (χ1n) is 11.7. The number of carbonyl (C=O) groups excluding carboxylic acids is 2. The van der Waals surface area contributed by atoms with Crippen molar-refractivity contribution in [3.63, 3.8) is 0 Å². The zero-order valence-corrected chi connectivity index (χ0v) is 21.7. The van der Waals surface area contributed by atoms with Gasteiger partial charge < -0.3 is 9.64 Å². The van der Waals surface area contributed by atoms with Gasteiger partial charge in [-0.25, -0.2) is 13.2 Å². The van der Waals surface area contributed by atoms with E-state index in [0.717, 1.165) is 11.1 Å². The van der Waals surface area contributed by atoms with Gasteiger partial charge in [0.25, 0.3) is 5.91 Å². The van der Waals surface area contributed by atoms with Crippen LogP contribution in [0, 0.1) is 20.8 Å². The number of nitrogens with zero attached hydrogens (tertiary/aromatic N) is 6. The summed E-state index contributed by atoms with van der Waals surface area (Å²) in [6.45, 7) is 5.52. The van der Waals surface area contributed by atoms with Crippen molar-refractivity contribution in [2.24, 2.45) is 0 Å². The average molecular weight is 525 g/mol. The second-order valence-corrected chi connectivity index (χ2v) is 10.6. The molecule has 37 heavy (non-hydrogen) atoms. The number of hydrogen-bond donors (Lipinski definition) is 0. The van der Waals surface area contributed by atoms with Crippen molar-refractivity contribution < 1.29 is 22.7 Å². The molecule has 1 fully saturated rings. The van der Waals surface area contributed by atoms with Gasteiger partial charge in [0, 0.05) is 26.2 Å². The van der Waals surface area contributed by atoms with Crippen LogP contribution in [-0.2, 0) is 24.3 Å². The first-order chi connectivity index (χ1) is 17.7. The standard InChI is InChI=1S/C25H28N6O5S/c1-18-9-10-23(19(2)15-18)37(34,35)30-13-11-29(12-14-30)24(32)17-36-25(33)22(31-20(3)26-27-28-31)16-21-7-5-4-6-8-21/h4-10,15-16H,11-14,17H2,1-3H3/b22-16-. The highest BCUT2D eigenvalue weighted by Gasteiger charge is 2.31. The Hall–Kier alpha value is -3.90. The molecule has 194 valence electrons. The van der Waals surface area contributed by atoms with E-state index in [1.54, 1.807) is 32.1 Å². The predicted octanol–water partition coefficient (Wildman–Crippen LogP) is 1.67. The van der Waals surface area contributed by atoms with Gasteiger partial charge in [-0.05, 0) is 54.5 Å². The first-order valence-corrected chi connectivity index (χ1v) is 13.2. The molecule has 11 nitrogen and oxygen atoms in total. The molecule has 12 heteroatoms. The third-order valence-corrected chi connectivity index (χ3v) is 8.09. The third kappa shape index (κ3) is 5.92. The molecule has 0 bridgehead atoms. The monoisotopic (exact) mass is 524 g/mol. The van der Waals surface area contributed by atoms with Gasteiger partial charge in [0.05, 0.1) is 4.90 Å². The van der Waals surface area contributed by atoms with Crippen LogP contribution in [-0.4, -0.2) is 82.5 Å². The summed E-state index contributed by atoms with van der Waals surface area (Å²) in [7, 11) is -3.67. The summed E-state index contributed by atoms with van der Waals surface area (Å²) in [6.07, 6.45) is 1.58. The van der Waals surface area contributed by atoms with E-state index in [4.69, 9.17) is 4.74 Å². The number of piperazine rings is 1. The zero-order chi connectivity index (χ0) is 26.6. The second kappa shape index (κ2) is 11.0. The van der Waals surface area contributed by atoms with Gasteiger partial charge in [0.15, 0.2) is 18.1 Å². The van der Waals surface area contributed by atoms with Crippen LogP contribution in [0.25, 0.3) is 11.8 Å². The van der Waals surface area contributed by atoms with Crippen molar-refractivity contribution >= 4 is 33.7 Å². The summed E-state index contributed by atoms with van der Waals surface area (Å²) in [6, 6.07) is 14.3. The van der Waals surface area contributed by atoms with Crippen LogP contribution in [0.1, 0.15) is 22.5 Å². The minimum absolute atomic E-state index is 0.0610. The maximum Gasteiger partial charge on any atom is 0.357 e. The normalized spacial score (nSPS) is 15.0. The molecule has 0 atom stereocenters. The number of rotatable bonds is 7. The quantitative estimate of drug-likeness (QED) is 0.337. The Kier molecular flexibility index (Phi) is 7.79. The number of benzene rings is 2. The van der Waals surface area contributed by atoms with Gasteiger partial charge in [-0.2, -0.15) is 8.99 Å². The van der Waals surface area contributed by atoms with E-state index in [1.165, 1.54) is 13.9 Å². The lowest BCUT2D eigenvalue weighted by Gasteiger charge is -2.34. The number of sulfonamides is 1. The number of aromatic nitrogens is 4. The highest BCUT2D eigenvalue weighted by Crippen LogP contribution is 2.22. The first kappa shape index (κ1) is 26.2. The van der Waals surface area contributed by atoms with E-state index in [0.29, 0.717) is 11.4 Å². The van der Waals surface area contributed by atoms with Crippen LogP contribution >= 0.6 is 0 Å². The van der Waals surface area contributed by atoms with Crippen molar-refractivity contribution in [3.05, 3.63) is 71.0 Å². The topological polar surface area (TPSA) is 128 Å². The average Bonchev–Trinajstić information content (AvgIpc) is 3.31. The smallest absolute Gasteiger partial charge is 0.357 e. The van der Waals surface area contributed by atoms with Gasteiger partial charge in [0.1, 0.15) is 0 Å². The number of aryl methyl sites for hydroxylation is 3. The summed E-state index contributed by atoms with van der Waals surface area (Å²) in [4.78, 5) is 27.4. The Balaban J connectivity index is 1.38. The number of carbonyl (C=O) groups is 2. The van der Waals surface area contributed by atoms with E-state index in [2.05, 4.69) is 15.5 Å². The molecule has 0 unspecified atom stereocenters. The Labute approximate surface area is 215 Å². The highest BCUT2D eigenvalue weighted by atomic mass is 32.2. The largest absolute Gasteiger partial charge is 0.451 e. The Morgan fingerprint density at radius 1 is 1.00 bits per heavy atom. The zero-order valence-electron chi connectivity index (χ0n) is 20.9. The lowest BCUT2D eigenvalue weighted by molar-refractivity contribution is -0.148. The molecule has 1 aliphatic heterocycles. The molecule has 0 saturated carbocycles. The second-order valence-electron chi connectivity index (χ2n) is 8.71. The Morgan fingerprint density at radius 2 is 1.70 bits per heavy atom. The molecule has 4 rings (SSSR count). The van der Waals surface area contributed by atoms with E-state index in [1.807, 2.05) is 43.3 Å². The summed E-state index contributed by atoms with van der Waals surface area (Å²) < 4.78 is 34.1. The fraction of sp³-hybridized carbons (Fsp3) is 0.320. The van der Waals surface area contributed by atoms with Crippen molar-refractivity contribution in [2.75, 3.05) is 32.8 Å². The minimum atomic E-state index is -3.67. The third-order valence-electron chi connectivity index (χ3n) is 6.03. The molecule has 1 aromatic heterocycles. The van der Waals surface area contributed by atoms with E-state index in [9.17, 15) is 18.0 Å². The molecule has 0 aliphatic carbocycles. The van der Waals surface area contributed by atoms with Crippen LogP contribution in [0.3, 0.4) is 0 Å². The molecular weight excluding hydrogens is 496 g/mol. The summed E-state index contributed by atoms with van der Waals surface area (Å²) in [5.74, 6) is -0.792. The molecule has 0 spiro atoms. The van der Waals surface area contributed by atoms with Crippen LogP contribution in [0.5, 0.6) is 0 Å². The molecule has 3 aromatic rings. The number of hydrogen-bond acceptors (Lipinski definition) is 8. The molecule has 2 aromatic carbocycles. The summed E-state index contributed by atoms with van der Waals surface area (Å²) in [5, 5.41) is 11.2. The molecule has 1 amide bonds. The number of ether oxygens (including phenoxy) is 1. The number of esters is 1. The maximum atomic E-state index is 13.1. The van der Waals surface area contributed by atoms with Gasteiger partial charge in [-0.3, -0.25) is 4.79 Å². The predicted molar refractivity (Wildman–Crippen MR) is 135 cm³/mol. The van der Waals surface area contributed by atoms with Crippen LogP contribution in [0.15, 0.2) is 53.4 Å². The van der Waals surface area contributed by atoms with Crippen molar-refractivity contribution in [3.8, 4) is 0 Å². The SMILES string of the molecule is Cc1ccc(S(=O)(=O)N2CCN(C(=O)COC(=O)/C(=C/c3ccccc3)n3nnnc3C)CC2)c(C)c1. The Morgan fingerprint density at radius 3 is 2.32 bits per heavy atom. The molecule has 1 aliphatic rings. The van der Waals surface area contributed by atoms with E-state index in [-0.39, 0.29) is 36.8 Å². The number of amides is 1. The number of tetrazole rings is 1. The molecule has 2 heterocycles.